The topological polar surface area (TPSA) is 84.2 Å². The first-order valence-corrected chi connectivity index (χ1v) is 8.15. The van der Waals surface area contributed by atoms with Crippen LogP contribution in [0.15, 0.2) is 30.3 Å². The van der Waals surface area contributed by atoms with E-state index in [1.54, 1.807) is 18.2 Å². The van der Waals surface area contributed by atoms with E-state index in [-0.39, 0.29) is 17.5 Å². The number of aryl methyl sites for hydroxylation is 2. The molecule has 6 nitrogen and oxygen atoms in total. The van der Waals surface area contributed by atoms with Gasteiger partial charge in [0.15, 0.2) is 0 Å². The van der Waals surface area contributed by atoms with E-state index in [2.05, 4.69) is 10.4 Å². The van der Waals surface area contributed by atoms with Gasteiger partial charge in [0.25, 0.3) is 0 Å². The van der Waals surface area contributed by atoms with Crippen molar-refractivity contribution in [3.05, 3.63) is 58.4 Å². The number of carbonyl (C=O) groups excluding carboxylic acids is 1. The molecule has 1 unspecified atom stereocenters. The number of nitrogens with one attached hydrogen (secondary N) is 1. The zero-order valence-corrected chi connectivity index (χ0v) is 14.9. The molecule has 1 heterocycles. The van der Waals surface area contributed by atoms with Crippen LogP contribution in [0.25, 0.3) is 6.08 Å². The lowest BCUT2D eigenvalue weighted by Crippen LogP contribution is -2.27. The van der Waals surface area contributed by atoms with Crippen molar-refractivity contribution in [2.45, 2.75) is 33.2 Å². The van der Waals surface area contributed by atoms with Gasteiger partial charge in [-0.3, -0.25) is 9.48 Å². The number of rotatable bonds is 6. The second-order valence-corrected chi connectivity index (χ2v) is 5.94. The number of nitrogens with zero attached hydrogens (tertiary/aromatic N) is 2. The average Bonchev–Trinajstić information content (AvgIpc) is 2.83. The highest BCUT2D eigenvalue weighted by Crippen LogP contribution is 2.23. The van der Waals surface area contributed by atoms with Crippen molar-refractivity contribution in [2.24, 2.45) is 7.05 Å². The van der Waals surface area contributed by atoms with Crippen LogP contribution in [0.5, 0.6) is 0 Å². The predicted molar refractivity (Wildman–Crippen MR) is 96.3 cm³/mol. The predicted octanol–water partition coefficient (Wildman–Crippen LogP) is 3.02. The number of benzene rings is 1. The van der Waals surface area contributed by atoms with Crippen LogP contribution < -0.4 is 5.32 Å². The first kappa shape index (κ1) is 18.4. The summed E-state index contributed by atoms with van der Waals surface area (Å²) in [6.45, 7) is 5.95. The van der Waals surface area contributed by atoms with Crippen LogP contribution in [-0.2, 0) is 11.8 Å². The van der Waals surface area contributed by atoms with Gasteiger partial charge in [0.05, 0.1) is 17.3 Å². The van der Waals surface area contributed by atoms with Gasteiger partial charge >= 0.3 is 5.97 Å². The zero-order chi connectivity index (χ0) is 18.6. The molecule has 25 heavy (non-hydrogen) atoms. The van der Waals surface area contributed by atoms with Gasteiger partial charge in [-0.1, -0.05) is 19.1 Å². The van der Waals surface area contributed by atoms with E-state index in [0.717, 1.165) is 28.9 Å². The van der Waals surface area contributed by atoms with Gasteiger partial charge in [0.2, 0.25) is 5.91 Å². The minimum Gasteiger partial charge on any atom is -0.478 e. The molecule has 132 valence electrons. The minimum absolute atomic E-state index is 0.0970. The van der Waals surface area contributed by atoms with Gasteiger partial charge in [-0.25, -0.2) is 4.79 Å². The normalized spacial score (nSPS) is 12.3. The highest BCUT2D eigenvalue weighted by Gasteiger charge is 2.19. The number of carboxylic acid groups (broad SMARTS) is 1. The van der Waals surface area contributed by atoms with E-state index in [9.17, 15) is 9.59 Å². The van der Waals surface area contributed by atoms with Crippen molar-refractivity contribution in [3.8, 4) is 0 Å². The van der Waals surface area contributed by atoms with Crippen LogP contribution in [0, 0.1) is 13.8 Å². The Morgan fingerprint density at radius 3 is 2.40 bits per heavy atom. The third-order valence-electron chi connectivity index (χ3n) is 4.22. The van der Waals surface area contributed by atoms with Crippen molar-refractivity contribution in [1.82, 2.24) is 15.1 Å². The molecule has 0 saturated heterocycles. The van der Waals surface area contributed by atoms with Gasteiger partial charge < -0.3 is 10.4 Å². The van der Waals surface area contributed by atoms with Crippen molar-refractivity contribution in [1.29, 1.82) is 0 Å². The second kappa shape index (κ2) is 7.79. The Balaban J connectivity index is 2.08. The molecule has 1 aromatic carbocycles. The molecule has 0 saturated carbocycles. The molecule has 0 aliphatic carbocycles. The van der Waals surface area contributed by atoms with E-state index in [4.69, 9.17) is 5.11 Å². The molecule has 2 rings (SSSR count). The summed E-state index contributed by atoms with van der Waals surface area (Å²) in [5, 5.41) is 16.3. The maximum Gasteiger partial charge on any atom is 0.335 e. The average molecular weight is 341 g/mol. The van der Waals surface area contributed by atoms with E-state index < -0.39 is 5.97 Å². The van der Waals surface area contributed by atoms with Gasteiger partial charge in [0, 0.05) is 24.4 Å². The highest BCUT2D eigenvalue weighted by molar-refractivity contribution is 5.92. The largest absolute Gasteiger partial charge is 0.478 e. The maximum absolute atomic E-state index is 12.2. The third-order valence-corrected chi connectivity index (χ3v) is 4.22. The molecule has 0 aliphatic rings. The standard InChI is InChI=1S/C19H23N3O3/c1-5-16(18-12(2)21-22(4)13(18)3)20-17(23)11-8-14-6-9-15(10-7-14)19(24)25/h6-11,16H,5H2,1-4H3,(H,20,23)(H,24,25). The summed E-state index contributed by atoms with van der Waals surface area (Å²) in [5.41, 5.74) is 3.99. The molecular weight excluding hydrogens is 318 g/mol. The van der Waals surface area contributed by atoms with Gasteiger partial charge in [-0.15, -0.1) is 0 Å². The summed E-state index contributed by atoms with van der Waals surface area (Å²) in [7, 11) is 1.89. The fourth-order valence-corrected chi connectivity index (χ4v) is 2.80. The summed E-state index contributed by atoms with van der Waals surface area (Å²) in [6, 6.07) is 6.26. The summed E-state index contributed by atoms with van der Waals surface area (Å²) >= 11 is 0. The van der Waals surface area contributed by atoms with Crippen LogP contribution in [0.1, 0.15) is 52.3 Å². The first-order chi connectivity index (χ1) is 11.8. The lowest BCUT2D eigenvalue weighted by atomic mass is 10.0. The molecule has 6 heteroatoms. The first-order valence-electron chi connectivity index (χ1n) is 8.15. The number of amides is 1. The summed E-state index contributed by atoms with van der Waals surface area (Å²) in [5.74, 6) is -1.17. The Hall–Kier alpha value is -2.89. The Morgan fingerprint density at radius 2 is 1.92 bits per heavy atom. The maximum atomic E-state index is 12.2. The van der Waals surface area contributed by atoms with E-state index in [1.165, 1.54) is 18.2 Å². The molecule has 0 fully saturated rings. The number of hydrogen-bond donors (Lipinski definition) is 2. The van der Waals surface area contributed by atoms with Crippen LogP contribution in [0.2, 0.25) is 0 Å². The molecule has 1 amide bonds. The van der Waals surface area contributed by atoms with Crippen LogP contribution >= 0.6 is 0 Å². The molecule has 1 aromatic heterocycles. The molecule has 2 N–H and O–H groups in total. The minimum atomic E-state index is -0.971. The van der Waals surface area contributed by atoms with Gasteiger partial charge in [-0.2, -0.15) is 5.10 Å². The van der Waals surface area contributed by atoms with Crippen LogP contribution in [0.3, 0.4) is 0 Å². The Labute approximate surface area is 147 Å². The number of aromatic carboxylic acids is 1. The van der Waals surface area contributed by atoms with E-state index in [0.29, 0.717) is 0 Å². The lowest BCUT2D eigenvalue weighted by Gasteiger charge is -2.16. The zero-order valence-electron chi connectivity index (χ0n) is 14.9. The Morgan fingerprint density at radius 1 is 1.28 bits per heavy atom. The SMILES string of the molecule is CCC(NC(=O)C=Cc1ccc(C(=O)O)cc1)c1c(C)nn(C)c1C. The summed E-state index contributed by atoms with van der Waals surface area (Å²) in [4.78, 5) is 23.1. The van der Waals surface area contributed by atoms with Crippen LogP contribution in [0.4, 0.5) is 0 Å². The highest BCUT2D eigenvalue weighted by atomic mass is 16.4. The lowest BCUT2D eigenvalue weighted by molar-refractivity contribution is -0.117. The molecule has 1 atom stereocenters. The van der Waals surface area contributed by atoms with Crippen molar-refractivity contribution < 1.29 is 14.7 Å². The molecule has 2 aromatic rings. The van der Waals surface area contributed by atoms with Gasteiger partial charge in [-0.05, 0) is 44.0 Å². The fraction of sp³-hybridized carbons (Fsp3) is 0.316. The van der Waals surface area contributed by atoms with Crippen LogP contribution in [-0.4, -0.2) is 26.8 Å². The second-order valence-electron chi connectivity index (χ2n) is 5.94. The monoisotopic (exact) mass is 341 g/mol. The number of carbonyl (C=O) groups is 2. The summed E-state index contributed by atoms with van der Waals surface area (Å²) < 4.78 is 1.82. The number of aromatic nitrogens is 2. The van der Waals surface area contributed by atoms with Crippen molar-refractivity contribution >= 4 is 18.0 Å². The Kier molecular flexibility index (Phi) is 5.75. The third kappa shape index (κ3) is 4.35. The molecule has 0 bridgehead atoms. The molecular formula is C19H23N3O3. The number of carboxylic acids is 1. The van der Waals surface area contributed by atoms with Crippen molar-refractivity contribution in [3.63, 3.8) is 0 Å². The summed E-state index contributed by atoms with van der Waals surface area (Å²) in [6.07, 6.45) is 3.89. The molecule has 0 aliphatic heterocycles. The van der Waals surface area contributed by atoms with E-state index >= 15 is 0 Å². The van der Waals surface area contributed by atoms with E-state index in [1.807, 2.05) is 32.5 Å². The molecule has 0 radical (unpaired) electrons. The fourth-order valence-electron chi connectivity index (χ4n) is 2.80. The quantitative estimate of drug-likeness (QED) is 0.791. The Bertz CT molecular complexity index is 804. The number of hydrogen-bond acceptors (Lipinski definition) is 3. The van der Waals surface area contributed by atoms with Gasteiger partial charge in [0.1, 0.15) is 0 Å². The smallest absolute Gasteiger partial charge is 0.335 e. The molecule has 0 spiro atoms. The van der Waals surface area contributed by atoms with Crippen molar-refractivity contribution in [2.75, 3.05) is 0 Å².